The van der Waals surface area contributed by atoms with Crippen molar-refractivity contribution in [1.82, 2.24) is 4.72 Å². The van der Waals surface area contributed by atoms with Gasteiger partial charge in [-0.15, -0.1) is 0 Å². The summed E-state index contributed by atoms with van der Waals surface area (Å²) in [5.41, 5.74) is 2.03. The van der Waals surface area contributed by atoms with E-state index >= 15 is 0 Å². The second kappa shape index (κ2) is 6.37. The average Bonchev–Trinajstić information content (AvgIpc) is 2.46. The Bertz CT molecular complexity index is 694. The number of hydrogen-bond acceptors (Lipinski definition) is 2. The molecule has 0 aliphatic carbocycles. The second-order valence-corrected chi connectivity index (χ2v) is 6.66. The van der Waals surface area contributed by atoms with Gasteiger partial charge in [0, 0.05) is 6.04 Å². The first-order valence-corrected chi connectivity index (χ1v) is 8.25. The van der Waals surface area contributed by atoms with Gasteiger partial charge in [-0.1, -0.05) is 36.8 Å². The van der Waals surface area contributed by atoms with Crippen molar-refractivity contribution in [3.05, 3.63) is 65.5 Å². The molecule has 0 unspecified atom stereocenters. The van der Waals surface area contributed by atoms with Crippen LogP contribution in [0.3, 0.4) is 0 Å². The molecule has 0 spiro atoms. The number of halogens is 1. The lowest BCUT2D eigenvalue weighted by atomic mass is 10.0. The highest BCUT2D eigenvalue weighted by atomic mass is 32.2. The standard InChI is InChI=1S/C16H18FNO2S/c1-3-16(13-6-4-12(2)5-7-13)18-21(19,20)15-10-8-14(17)9-11-15/h4-11,16,18H,3H2,1-2H3/t16-/m0/s1. The van der Waals surface area contributed by atoms with Crippen molar-refractivity contribution in [3.8, 4) is 0 Å². The van der Waals surface area contributed by atoms with Crippen LogP contribution < -0.4 is 4.72 Å². The van der Waals surface area contributed by atoms with Crippen molar-refractivity contribution in [1.29, 1.82) is 0 Å². The van der Waals surface area contributed by atoms with Crippen molar-refractivity contribution < 1.29 is 12.8 Å². The van der Waals surface area contributed by atoms with Crippen LogP contribution in [0.1, 0.15) is 30.5 Å². The van der Waals surface area contributed by atoms with Crippen molar-refractivity contribution in [3.63, 3.8) is 0 Å². The summed E-state index contributed by atoms with van der Waals surface area (Å²) in [6.45, 7) is 3.89. The minimum absolute atomic E-state index is 0.0643. The molecule has 0 aliphatic rings. The summed E-state index contributed by atoms with van der Waals surface area (Å²) in [7, 11) is -3.66. The zero-order valence-electron chi connectivity index (χ0n) is 12.0. The lowest BCUT2D eigenvalue weighted by Gasteiger charge is -2.18. The molecule has 0 radical (unpaired) electrons. The van der Waals surface area contributed by atoms with E-state index in [0.717, 1.165) is 23.3 Å². The quantitative estimate of drug-likeness (QED) is 0.918. The number of nitrogens with one attached hydrogen (secondary N) is 1. The molecule has 2 aromatic rings. The van der Waals surface area contributed by atoms with Crippen molar-refractivity contribution in [2.75, 3.05) is 0 Å². The summed E-state index contributed by atoms with van der Waals surface area (Å²) in [6.07, 6.45) is 0.628. The zero-order valence-corrected chi connectivity index (χ0v) is 12.8. The largest absolute Gasteiger partial charge is 0.241 e. The summed E-state index contributed by atoms with van der Waals surface area (Å²) in [6, 6.07) is 12.2. The van der Waals surface area contributed by atoms with E-state index in [-0.39, 0.29) is 10.9 Å². The highest BCUT2D eigenvalue weighted by Gasteiger charge is 2.20. The third kappa shape index (κ3) is 3.89. The van der Waals surface area contributed by atoms with Crippen LogP contribution in [0.15, 0.2) is 53.4 Å². The lowest BCUT2D eigenvalue weighted by Crippen LogP contribution is -2.28. The Morgan fingerprint density at radius 2 is 1.62 bits per heavy atom. The number of sulfonamides is 1. The minimum atomic E-state index is -3.66. The average molecular weight is 307 g/mol. The van der Waals surface area contributed by atoms with E-state index in [9.17, 15) is 12.8 Å². The van der Waals surface area contributed by atoms with Gasteiger partial charge in [0.05, 0.1) is 4.90 Å². The maximum atomic E-state index is 12.9. The molecular weight excluding hydrogens is 289 g/mol. The van der Waals surface area contributed by atoms with Crippen LogP contribution in [-0.2, 0) is 10.0 Å². The highest BCUT2D eigenvalue weighted by Crippen LogP contribution is 2.20. The third-order valence-electron chi connectivity index (χ3n) is 3.31. The zero-order chi connectivity index (χ0) is 15.5. The van der Waals surface area contributed by atoms with Crippen LogP contribution in [-0.4, -0.2) is 8.42 Å². The fourth-order valence-electron chi connectivity index (χ4n) is 2.05. The molecule has 0 saturated carbocycles. The minimum Gasteiger partial charge on any atom is -0.207 e. The number of aryl methyl sites for hydroxylation is 1. The number of hydrogen-bond donors (Lipinski definition) is 1. The second-order valence-electron chi connectivity index (χ2n) is 4.95. The van der Waals surface area contributed by atoms with Crippen molar-refractivity contribution >= 4 is 10.0 Å². The summed E-state index contributed by atoms with van der Waals surface area (Å²) in [4.78, 5) is 0.0643. The number of benzene rings is 2. The maximum Gasteiger partial charge on any atom is 0.241 e. The Morgan fingerprint density at radius 3 is 2.14 bits per heavy atom. The Labute approximate surface area is 124 Å². The summed E-state index contributed by atoms with van der Waals surface area (Å²) in [5.74, 6) is -0.459. The van der Waals surface area contributed by atoms with Crippen LogP contribution in [0, 0.1) is 12.7 Å². The van der Waals surface area contributed by atoms with Crippen LogP contribution >= 0.6 is 0 Å². The molecule has 0 heterocycles. The van der Waals surface area contributed by atoms with E-state index < -0.39 is 15.8 Å². The molecule has 0 aromatic heterocycles. The van der Waals surface area contributed by atoms with Gasteiger partial charge in [0.2, 0.25) is 10.0 Å². The van der Waals surface area contributed by atoms with Crippen LogP contribution in [0.25, 0.3) is 0 Å². The summed E-state index contributed by atoms with van der Waals surface area (Å²) < 4.78 is 40.2. The molecule has 0 saturated heterocycles. The first-order valence-electron chi connectivity index (χ1n) is 6.77. The first-order chi connectivity index (χ1) is 9.92. The Hall–Kier alpha value is -1.72. The van der Waals surface area contributed by atoms with Gasteiger partial charge < -0.3 is 0 Å². The molecular formula is C16H18FNO2S. The van der Waals surface area contributed by atoms with Gasteiger partial charge in [0.25, 0.3) is 0 Å². The molecule has 1 N–H and O–H groups in total. The lowest BCUT2D eigenvalue weighted by molar-refractivity contribution is 0.549. The van der Waals surface area contributed by atoms with Crippen molar-refractivity contribution in [2.45, 2.75) is 31.2 Å². The molecule has 0 bridgehead atoms. The fourth-order valence-corrected chi connectivity index (χ4v) is 3.36. The van der Waals surface area contributed by atoms with Gasteiger partial charge >= 0.3 is 0 Å². The topological polar surface area (TPSA) is 46.2 Å². The molecule has 5 heteroatoms. The van der Waals surface area contributed by atoms with Crippen LogP contribution in [0.5, 0.6) is 0 Å². The van der Waals surface area contributed by atoms with E-state index in [4.69, 9.17) is 0 Å². The van der Waals surface area contributed by atoms with Gasteiger partial charge in [-0.3, -0.25) is 0 Å². The van der Waals surface area contributed by atoms with E-state index in [0.29, 0.717) is 6.42 Å². The molecule has 21 heavy (non-hydrogen) atoms. The van der Waals surface area contributed by atoms with Gasteiger partial charge in [0.15, 0.2) is 0 Å². The monoisotopic (exact) mass is 307 g/mol. The Kier molecular flexibility index (Phi) is 4.75. The summed E-state index contributed by atoms with van der Waals surface area (Å²) in [5, 5.41) is 0. The van der Waals surface area contributed by atoms with E-state index in [2.05, 4.69) is 4.72 Å². The molecule has 0 fully saturated rings. The fraction of sp³-hybridized carbons (Fsp3) is 0.250. The smallest absolute Gasteiger partial charge is 0.207 e. The predicted octanol–water partition coefficient (Wildman–Crippen LogP) is 3.56. The molecule has 1 atom stereocenters. The van der Waals surface area contributed by atoms with E-state index in [1.807, 2.05) is 38.1 Å². The highest BCUT2D eigenvalue weighted by molar-refractivity contribution is 7.89. The van der Waals surface area contributed by atoms with Gasteiger partial charge in [-0.05, 0) is 43.2 Å². The Balaban J connectivity index is 2.24. The van der Waals surface area contributed by atoms with Crippen molar-refractivity contribution in [2.24, 2.45) is 0 Å². The molecule has 2 rings (SSSR count). The van der Waals surface area contributed by atoms with Crippen LogP contribution in [0.2, 0.25) is 0 Å². The maximum absolute atomic E-state index is 12.9. The van der Waals surface area contributed by atoms with Gasteiger partial charge in [-0.25, -0.2) is 17.5 Å². The van der Waals surface area contributed by atoms with Gasteiger partial charge in [0.1, 0.15) is 5.82 Å². The molecule has 112 valence electrons. The number of rotatable bonds is 5. The SMILES string of the molecule is CC[C@H](NS(=O)(=O)c1ccc(F)cc1)c1ccc(C)cc1. The normalized spacial score (nSPS) is 13.1. The van der Waals surface area contributed by atoms with Gasteiger partial charge in [-0.2, -0.15) is 0 Å². The Morgan fingerprint density at radius 1 is 1.05 bits per heavy atom. The molecule has 0 aliphatic heterocycles. The van der Waals surface area contributed by atoms with E-state index in [1.54, 1.807) is 0 Å². The first kappa shape index (κ1) is 15.7. The summed E-state index contributed by atoms with van der Waals surface area (Å²) >= 11 is 0. The van der Waals surface area contributed by atoms with Crippen LogP contribution in [0.4, 0.5) is 4.39 Å². The van der Waals surface area contributed by atoms with E-state index in [1.165, 1.54) is 12.1 Å². The molecule has 0 amide bonds. The predicted molar refractivity (Wildman–Crippen MR) is 80.9 cm³/mol. The third-order valence-corrected chi connectivity index (χ3v) is 4.80. The molecule has 3 nitrogen and oxygen atoms in total. The molecule has 2 aromatic carbocycles.